The molecule has 1 aromatic heterocycles. The first kappa shape index (κ1) is 12.0. The summed E-state index contributed by atoms with van der Waals surface area (Å²) < 4.78 is 10.6. The van der Waals surface area contributed by atoms with E-state index in [-0.39, 0.29) is 11.8 Å². The third kappa shape index (κ3) is 3.51. The van der Waals surface area contributed by atoms with Gasteiger partial charge in [0.1, 0.15) is 10.4 Å². The van der Waals surface area contributed by atoms with E-state index >= 15 is 0 Å². The Balaban J connectivity index is 2.93. The van der Waals surface area contributed by atoms with Crippen LogP contribution in [0.4, 0.5) is 0 Å². The lowest BCUT2D eigenvalue weighted by atomic mass is 10.3. The fraction of sp³-hybridized carbons (Fsp3) is 0.400. The van der Waals surface area contributed by atoms with E-state index in [2.05, 4.69) is 20.9 Å². The average molecular weight is 274 g/mol. The lowest BCUT2D eigenvalue weighted by Gasteiger charge is -2.08. The highest BCUT2D eigenvalue weighted by atomic mass is 79.9. The molecule has 0 radical (unpaired) electrons. The molecule has 5 heteroatoms. The summed E-state index contributed by atoms with van der Waals surface area (Å²) in [6, 6.07) is 3.21. The quantitative estimate of drug-likeness (QED) is 0.627. The molecule has 0 spiro atoms. The molecule has 1 heterocycles. The molecule has 0 N–H and O–H groups in total. The zero-order valence-electron chi connectivity index (χ0n) is 8.78. The van der Waals surface area contributed by atoms with Crippen LogP contribution in [0.1, 0.15) is 24.3 Å². The second-order valence-electron chi connectivity index (χ2n) is 3.17. The van der Waals surface area contributed by atoms with Crippen molar-refractivity contribution >= 4 is 21.9 Å². The summed E-state index contributed by atoms with van der Waals surface area (Å²) in [5.41, 5.74) is 0.231. The molecule has 4 nitrogen and oxygen atoms in total. The summed E-state index contributed by atoms with van der Waals surface area (Å²) in [7, 11) is 1.53. The maximum absolute atomic E-state index is 11.5. The van der Waals surface area contributed by atoms with Gasteiger partial charge >= 0.3 is 5.97 Å². The van der Waals surface area contributed by atoms with Crippen LogP contribution >= 0.6 is 15.9 Å². The monoisotopic (exact) mass is 273 g/mol. The molecule has 0 aliphatic heterocycles. The van der Waals surface area contributed by atoms with Gasteiger partial charge in [0.05, 0.1) is 13.2 Å². The van der Waals surface area contributed by atoms with Crippen molar-refractivity contribution in [3.8, 4) is 5.75 Å². The van der Waals surface area contributed by atoms with Crippen LogP contribution in [0.2, 0.25) is 0 Å². The fourth-order valence-electron chi connectivity index (χ4n) is 0.970. The van der Waals surface area contributed by atoms with Gasteiger partial charge in [0.25, 0.3) is 0 Å². The summed E-state index contributed by atoms with van der Waals surface area (Å²) in [5, 5.41) is 0. The molecule has 0 aliphatic carbocycles. The first-order chi connectivity index (χ1) is 7.02. The molecular formula is C10H12BrNO3. The molecule has 82 valence electrons. The Bertz CT molecular complexity index is 366. The van der Waals surface area contributed by atoms with Gasteiger partial charge in [-0.05, 0) is 29.8 Å². The third-order valence-electron chi connectivity index (χ3n) is 1.56. The highest BCUT2D eigenvalue weighted by Crippen LogP contribution is 2.18. The Labute approximate surface area is 96.7 Å². The molecule has 0 unspecified atom stereocenters. The van der Waals surface area contributed by atoms with Gasteiger partial charge in [-0.25, -0.2) is 9.78 Å². The van der Waals surface area contributed by atoms with Crippen molar-refractivity contribution in [2.24, 2.45) is 0 Å². The summed E-state index contributed by atoms with van der Waals surface area (Å²) in [6.45, 7) is 3.57. The molecule has 0 saturated heterocycles. The largest absolute Gasteiger partial charge is 0.497 e. The van der Waals surface area contributed by atoms with Gasteiger partial charge in [-0.15, -0.1) is 0 Å². The highest BCUT2D eigenvalue weighted by Gasteiger charge is 2.13. The minimum Gasteiger partial charge on any atom is -0.497 e. The number of hydrogen-bond acceptors (Lipinski definition) is 4. The van der Waals surface area contributed by atoms with Crippen LogP contribution in [0, 0.1) is 0 Å². The number of halogens is 1. The number of nitrogens with zero attached hydrogens (tertiary/aromatic N) is 1. The topological polar surface area (TPSA) is 48.4 Å². The van der Waals surface area contributed by atoms with Crippen molar-refractivity contribution in [3.63, 3.8) is 0 Å². The van der Waals surface area contributed by atoms with Gasteiger partial charge in [0.15, 0.2) is 5.69 Å². The number of hydrogen-bond donors (Lipinski definition) is 0. The Morgan fingerprint density at radius 1 is 1.47 bits per heavy atom. The van der Waals surface area contributed by atoms with Gasteiger partial charge in [-0.3, -0.25) is 0 Å². The molecule has 0 amide bonds. The Morgan fingerprint density at radius 2 is 2.13 bits per heavy atom. The number of esters is 1. The molecule has 0 bridgehead atoms. The summed E-state index contributed by atoms with van der Waals surface area (Å²) >= 11 is 3.19. The van der Waals surface area contributed by atoms with Crippen LogP contribution in [-0.4, -0.2) is 24.2 Å². The minimum absolute atomic E-state index is 0.163. The smallest absolute Gasteiger partial charge is 0.357 e. The zero-order valence-corrected chi connectivity index (χ0v) is 10.4. The van der Waals surface area contributed by atoms with E-state index < -0.39 is 5.97 Å². The maximum atomic E-state index is 11.5. The van der Waals surface area contributed by atoms with Gasteiger partial charge < -0.3 is 9.47 Å². The molecule has 0 aromatic carbocycles. The minimum atomic E-state index is -0.454. The van der Waals surface area contributed by atoms with Gasteiger partial charge in [0.2, 0.25) is 0 Å². The number of rotatable bonds is 3. The van der Waals surface area contributed by atoms with Crippen molar-refractivity contribution < 1.29 is 14.3 Å². The van der Waals surface area contributed by atoms with Gasteiger partial charge in [-0.1, -0.05) is 0 Å². The first-order valence-electron chi connectivity index (χ1n) is 4.45. The van der Waals surface area contributed by atoms with E-state index in [4.69, 9.17) is 9.47 Å². The third-order valence-corrected chi connectivity index (χ3v) is 1.96. The predicted molar refractivity (Wildman–Crippen MR) is 59.0 cm³/mol. The highest BCUT2D eigenvalue weighted by molar-refractivity contribution is 9.10. The molecule has 1 aromatic rings. The van der Waals surface area contributed by atoms with E-state index in [9.17, 15) is 4.79 Å². The maximum Gasteiger partial charge on any atom is 0.357 e. The molecule has 0 atom stereocenters. The average Bonchev–Trinajstić information content (AvgIpc) is 2.15. The van der Waals surface area contributed by atoms with Crippen LogP contribution in [-0.2, 0) is 4.74 Å². The van der Waals surface area contributed by atoms with Crippen molar-refractivity contribution in [3.05, 3.63) is 22.4 Å². The molecule has 0 fully saturated rings. The van der Waals surface area contributed by atoms with Crippen molar-refractivity contribution in [2.45, 2.75) is 20.0 Å². The number of pyridine rings is 1. The standard InChI is InChI=1S/C10H12BrNO3/c1-6(2)15-10(13)8-4-7(14-3)5-9(11)12-8/h4-6H,1-3H3. The number of ether oxygens (including phenoxy) is 2. The molecule has 0 aliphatic rings. The SMILES string of the molecule is COc1cc(Br)nc(C(=O)OC(C)C)c1. The number of carbonyl (C=O) groups excluding carboxylic acids is 1. The molecule has 1 rings (SSSR count). The molecule has 0 saturated carbocycles. The first-order valence-corrected chi connectivity index (χ1v) is 5.24. The van der Waals surface area contributed by atoms with Crippen LogP contribution in [0.15, 0.2) is 16.7 Å². The van der Waals surface area contributed by atoms with E-state index in [0.29, 0.717) is 10.4 Å². The second kappa shape index (κ2) is 5.11. The summed E-state index contributed by atoms with van der Waals surface area (Å²) in [6.07, 6.45) is -0.163. The number of methoxy groups -OCH3 is 1. The van der Waals surface area contributed by atoms with Crippen LogP contribution in [0.25, 0.3) is 0 Å². The second-order valence-corrected chi connectivity index (χ2v) is 3.98. The molecule has 15 heavy (non-hydrogen) atoms. The number of aromatic nitrogens is 1. The van der Waals surface area contributed by atoms with E-state index in [1.807, 2.05) is 0 Å². The van der Waals surface area contributed by atoms with Crippen molar-refractivity contribution in [2.75, 3.05) is 7.11 Å². The predicted octanol–water partition coefficient (Wildman–Crippen LogP) is 2.42. The van der Waals surface area contributed by atoms with Gasteiger partial charge in [-0.2, -0.15) is 0 Å². The van der Waals surface area contributed by atoms with E-state index in [1.165, 1.54) is 13.2 Å². The lowest BCUT2D eigenvalue weighted by molar-refractivity contribution is 0.0370. The summed E-state index contributed by atoms with van der Waals surface area (Å²) in [5.74, 6) is 0.109. The van der Waals surface area contributed by atoms with Crippen molar-refractivity contribution in [1.29, 1.82) is 0 Å². The Kier molecular flexibility index (Phi) is 4.08. The normalized spacial score (nSPS) is 10.2. The zero-order chi connectivity index (χ0) is 11.4. The van der Waals surface area contributed by atoms with Crippen LogP contribution in [0.3, 0.4) is 0 Å². The van der Waals surface area contributed by atoms with Gasteiger partial charge in [0, 0.05) is 12.1 Å². The summed E-state index contributed by atoms with van der Waals surface area (Å²) in [4.78, 5) is 15.5. The van der Waals surface area contributed by atoms with Crippen LogP contribution < -0.4 is 4.74 Å². The Morgan fingerprint density at radius 3 is 2.67 bits per heavy atom. The molecular weight excluding hydrogens is 262 g/mol. The Hall–Kier alpha value is -1.10. The fourth-order valence-corrected chi connectivity index (χ4v) is 1.39. The number of carbonyl (C=O) groups is 1. The van der Waals surface area contributed by atoms with Crippen LogP contribution in [0.5, 0.6) is 5.75 Å². The van der Waals surface area contributed by atoms with E-state index in [0.717, 1.165) is 0 Å². The van der Waals surface area contributed by atoms with Crippen molar-refractivity contribution in [1.82, 2.24) is 4.98 Å². The van der Waals surface area contributed by atoms with E-state index in [1.54, 1.807) is 19.9 Å². The lowest BCUT2D eigenvalue weighted by Crippen LogP contribution is -2.13.